The van der Waals surface area contributed by atoms with Gasteiger partial charge >= 0.3 is 41.6 Å². The third kappa shape index (κ3) is 31.0. The number of hydrogen-bond donors (Lipinski definition) is 6. The fraction of sp³-hybridized carbons (Fsp3) is 0.524. The Labute approximate surface area is 398 Å². The molecule has 2 rings (SSSR count). The minimum Gasteiger partial charge on any atom is -0.508 e. The summed E-state index contributed by atoms with van der Waals surface area (Å²) in [5.74, 6) is -0.933. The Morgan fingerprint density at radius 2 is 0.864 bits per heavy atom. The van der Waals surface area contributed by atoms with Crippen molar-refractivity contribution in [3.8, 4) is 23.0 Å². The van der Waals surface area contributed by atoms with Gasteiger partial charge in [-0.15, -0.1) is 0 Å². The first-order chi connectivity index (χ1) is 30.9. The quantitative estimate of drug-likeness (QED) is 0.0162. The molecule has 0 amide bonds. The zero-order valence-corrected chi connectivity index (χ0v) is 41.6. The zero-order chi connectivity index (χ0) is 49.2. The first-order valence-corrected chi connectivity index (χ1v) is 28.8. The molecule has 66 heavy (non-hydrogen) atoms. The van der Waals surface area contributed by atoms with Gasteiger partial charge in [0.2, 0.25) is 0 Å². The van der Waals surface area contributed by atoms with Crippen LogP contribution in [0.4, 0.5) is 0 Å². The average molecular weight is 1050 g/mol. The number of phenols is 2. The van der Waals surface area contributed by atoms with Crippen molar-refractivity contribution < 1.29 is 78.8 Å². The van der Waals surface area contributed by atoms with Gasteiger partial charge in [0.1, 0.15) is 23.0 Å². The van der Waals surface area contributed by atoms with Crippen LogP contribution in [0.5, 0.6) is 23.0 Å². The number of hydrogen-bond acceptors (Lipinski definition) is 16. The van der Waals surface area contributed by atoms with E-state index in [1.54, 1.807) is 48.6 Å². The second-order valence-electron chi connectivity index (χ2n) is 15.2. The van der Waals surface area contributed by atoms with E-state index in [9.17, 15) is 53.0 Å². The second-order valence-corrected chi connectivity index (χ2v) is 22.2. The lowest BCUT2D eigenvalue weighted by atomic mass is 10.0. The van der Waals surface area contributed by atoms with Crippen LogP contribution in [0.1, 0.15) is 115 Å². The molecule has 0 aromatic heterocycles. The van der Waals surface area contributed by atoms with Crippen LogP contribution < -0.4 is 8.37 Å². The highest BCUT2D eigenvalue weighted by Crippen LogP contribution is 2.41. The predicted molar refractivity (Wildman–Crippen MR) is 256 cm³/mol. The second kappa shape index (κ2) is 30.4. The highest BCUT2D eigenvalue weighted by Gasteiger charge is 2.26. The number of benzene rings is 2. The van der Waals surface area contributed by atoms with Crippen LogP contribution in [0.3, 0.4) is 0 Å². The van der Waals surface area contributed by atoms with E-state index in [2.05, 4.69) is 8.37 Å². The van der Waals surface area contributed by atoms with Crippen LogP contribution in [0.2, 0.25) is 0 Å². The van der Waals surface area contributed by atoms with Crippen molar-refractivity contribution in [1.82, 2.24) is 0 Å². The van der Waals surface area contributed by atoms with Gasteiger partial charge in [0, 0.05) is 22.6 Å². The summed E-state index contributed by atoms with van der Waals surface area (Å²) < 4.78 is 149. The van der Waals surface area contributed by atoms with Crippen molar-refractivity contribution in [3.05, 3.63) is 96.1 Å². The largest absolute Gasteiger partial charge is 0.508 e. The summed E-state index contributed by atoms with van der Waals surface area (Å²) in [7, 11) is -16.2. The van der Waals surface area contributed by atoms with Crippen molar-refractivity contribution in [2.45, 2.75) is 139 Å². The average Bonchev–Trinajstić information content (AvgIpc) is 3.16. The minimum atomic E-state index is -4.82. The molecule has 374 valence electrons. The van der Waals surface area contributed by atoms with E-state index in [-0.39, 0.29) is 59.2 Å². The molecular formula is C42H62O18S6. The molecule has 0 aliphatic carbocycles. The number of aryl methyl sites for hydroxylation is 2. The van der Waals surface area contributed by atoms with Gasteiger partial charge in [-0.05, 0) is 113 Å². The number of rotatable bonds is 35. The Morgan fingerprint density at radius 1 is 0.500 bits per heavy atom. The van der Waals surface area contributed by atoms with E-state index in [4.69, 9.17) is 17.5 Å². The van der Waals surface area contributed by atoms with Gasteiger partial charge in [0.15, 0.2) is 0 Å². The van der Waals surface area contributed by atoms with Crippen molar-refractivity contribution in [1.29, 1.82) is 0 Å². The SMILES string of the molecule is C/C=C/C=C/CC(CC(CCCCCCc1cc(O)cc(OS(=O)(=O)O)c1)SSC(CCCCCCc1cc(O)cc(OS(=O)(=O)O)c1)CC(C/C=C/C=C/C)OS(=O)(=O)O)OS(=O)(=O)O. The lowest BCUT2D eigenvalue weighted by molar-refractivity contribution is 0.172. The fourth-order valence-electron chi connectivity index (χ4n) is 6.71. The van der Waals surface area contributed by atoms with Crippen molar-refractivity contribution in [2.24, 2.45) is 0 Å². The summed E-state index contributed by atoms with van der Waals surface area (Å²) in [6.45, 7) is 3.64. The maximum Gasteiger partial charge on any atom is 0.446 e. The highest BCUT2D eigenvalue weighted by atomic mass is 33.1. The number of unbranched alkanes of at least 4 members (excludes halogenated alkanes) is 6. The smallest absolute Gasteiger partial charge is 0.446 e. The maximum atomic E-state index is 11.9. The van der Waals surface area contributed by atoms with E-state index in [1.165, 1.54) is 45.9 Å². The summed E-state index contributed by atoms with van der Waals surface area (Å²) in [5.41, 5.74) is 1.18. The molecule has 0 fully saturated rings. The fourth-order valence-corrected chi connectivity index (χ4v) is 11.8. The van der Waals surface area contributed by atoms with Crippen LogP contribution >= 0.6 is 21.6 Å². The van der Waals surface area contributed by atoms with Crippen LogP contribution in [-0.2, 0) is 62.8 Å². The minimum absolute atomic E-state index is 0.169. The Kier molecular flexibility index (Phi) is 27.1. The number of aromatic hydroxyl groups is 2. The van der Waals surface area contributed by atoms with Crippen molar-refractivity contribution in [2.75, 3.05) is 0 Å². The third-order valence-electron chi connectivity index (χ3n) is 9.36. The Morgan fingerprint density at radius 3 is 1.20 bits per heavy atom. The molecule has 18 nitrogen and oxygen atoms in total. The van der Waals surface area contributed by atoms with E-state index < -0.39 is 53.8 Å². The summed E-state index contributed by atoms with van der Waals surface area (Å²) in [6, 6.07) is 7.84. The molecular weight excluding hydrogens is 985 g/mol. The van der Waals surface area contributed by atoms with Gasteiger partial charge in [0.05, 0.1) is 12.2 Å². The molecule has 2 aromatic rings. The molecule has 0 saturated heterocycles. The summed E-state index contributed by atoms with van der Waals surface area (Å²) in [4.78, 5) is 0. The molecule has 0 saturated carbocycles. The first kappa shape index (κ1) is 59.0. The lowest BCUT2D eigenvalue weighted by Crippen LogP contribution is -2.23. The number of allylic oxidation sites excluding steroid dienone is 6. The van der Waals surface area contributed by atoms with Gasteiger partial charge < -0.3 is 18.6 Å². The Balaban J connectivity index is 2.25. The highest BCUT2D eigenvalue weighted by molar-refractivity contribution is 8.77. The first-order valence-electron chi connectivity index (χ1n) is 21.1. The van der Waals surface area contributed by atoms with E-state index in [1.807, 2.05) is 13.8 Å². The molecule has 0 heterocycles. The Hall–Kier alpha value is -3.14. The Bertz CT molecular complexity index is 2170. The van der Waals surface area contributed by atoms with Gasteiger partial charge in [-0.3, -0.25) is 18.2 Å². The van der Waals surface area contributed by atoms with Crippen LogP contribution in [0, 0.1) is 0 Å². The van der Waals surface area contributed by atoms with Gasteiger partial charge in [0.25, 0.3) is 0 Å². The van der Waals surface area contributed by atoms with Crippen LogP contribution in [0.25, 0.3) is 0 Å². The molecule has 4 atom stereocenters. The molecule has 0 bridgehead atoms. The van der Waals surface area contributed by atoms with Crippen molar-refractivity contribution in [3.63, 3.8) is 0 Å². The van der Waals surface area contributed by atoms with Crippen LogP contribution in [0.15, 0.2) is 85.0 Å². The van der Waals surface area contributed by atoms with E-state index in [0.717, 1.165) is 37.8 Å². The molecule has 0 aliphatic heterocycles. The topological polar surface area (TPSA) is 295 Å². The monoisotopic (exact) mass is 1050 g/mol. The van der Waals surface area contributed by atoms with Gasteiger partial charge in [-0.2, -0.15) is 33.7 Å². The number of phenolic OH excluding ortho intramolecular Hbond substituents is 2. The molecule has 6 N–H and O–H groups in total. The predicted octanol–water partition coefficient (Wildman–Crippen LogP) is 9.47. The maximum absolute atomic E-state index is 11.9. The molecule has 24 heteroatoms. The molecule has 2 aromatic carbocycles. The normalized spacial score (nSPS) is 14.9. The molecule has 0 spiro atoms. The zero-order valence-electron chi connectivity index (χ0n) is 36.7. The molecule has 0 aliphatic rings. The molecule has 0 radical (unpaired) electrons. The summed E-state index contributed by atoms with van der Waals surface area (Å²) in [6.07, 6.45) is 20.7. The standard InChI is InChI=1S/C42H62O18S6/c1-3-5-7-15-21-37(57-63(45,46)47)31-41(23-17-11-9-13-19-33-25-35(43)29-39(27-33)59-65(51,52)53)61-62-42(32-38(58-64(48,49)50)22-16-8-6-4-2)24-18-12-10-14-20-34-26-36(44)30-40(28-34)60-66(54,55)56/h3-8,15-16,25-30,37-38,41-44H,9-14,17-24,31-32H2,1-2H3,(H,45,46,47)(H,48,49,50)(H,51,52,53)(H,54,55,56)/b5-3+,6-4+,15-7+,16-8+. The van der Waals surface area contributed by atoms with E-state index in [0.29, 0.717) is 62.5 Å². The third-order valence-corrected chi connectivity index (χ3v) is 14.7. The summed E-state index contributed by atoms with van der Waals surface area (Å²) in [5, 5.41) is 19.6. The summed E-state index contributed by atoms with van der Waals surface area (Å²) >= 11 is 0. The molecule has 4 unspecified atom stereocenters. The lowest BCUT2D eigenvalue weighted by Gasteiger charge is -2.25. The van der Waals surface area contributed by atoms with Gasteiger partial charge in [-0.1, -0.05) is 109 Å². The van der Waals surface area contributed by atoms with Crippen LogP contribution in [-0.4, -0.2) is 84.8 Å². The van der Waals surface area contributed by atoms with Crippen molar-refractivity contribution >= 4 is 63.2 Å². The van der Waals surface area contributed by atoms with E-state index >= 15 is 0 Å². The van der Waals surface area contributed by atoms with Gasteiger partial charge in [-0.25, -0.2) is 8.37 Å².